The molecule has 7 heteroatoms. The van der Waals surface area contributed by atoms with Crippen molar-refractivity contribution < 1.29 is 18.3 Å². The lowest BCUT2D eigenvalue weighted by atomic mass is 10.1. The molecule has 0 aliphatic rings. The lowest BCUT2D eigenvalue weighted by molar-refractivity contribution is 0.468. The molecule has 5 aromatic carbocycles. The molecular weight excluding hydrogens is 586 g/mol. The molecule has 0 spiro atoms. The Labute approximate surface area is 268 Å². The molecular formula is C40H25N3O4. The Morgan fingerprint density at radius 1 is 0.426 bits per heavy atom. The molecule has 4 aromatic heterocycles. The molecule has 0 saturated carbocycles. The lowest BCUT2D eigenvalue weighted by Gasteiger charge is -2.26. The first-order valence-corrected chi connectivity index (χ1v) is 15.2. The highest BCUT2D eigenvalue weighted by molar-refractivity contribution is 6.11. The average molecular weight is 612 g/mol. The van der Waals surface area contributed by atoms with Gasteiger partial charge in [0.15, 0.2) is 0 Å². The number of para-hydroxylation sites is 3. The van der Waals surface area contributed by atoms with Crippen molar-refractivity contribution in [1.82, 2.24) is 9.97 Å². The predicted octanol–water partition coefficient (Wildman–Crippen LogP) is 11.3. The van der Waals surface area contributed by atoms with Gasteiger partial charge in [0.1, 0.15) is 33.8 Å². The second-order valence-corrected chi connectivity index (χ2v) is 11.0. The molecule has 0 fully saturated rings. The number of nitrogens with zero attached hydrogens (tertiary/aromatic N) is 3. The molecule has 7 nitrogen and oxygen atoms in total. The monoisotopic (exact) mass is 611 g/mol. The maximum Gasteiger partial charge on any atom is 0.219 e. The van der Waals surface area contributed by atoms with E-state index in [1.807, 2.05) is 127 Å². The maximum absolute atomic E-state index is 6.48. The summed E-state index contributed by atoms with van der Waals surface area (Å²) in [4.78, 5) is 11.0. The van der Waals surface area contributed by atoms with Crippen LogP contribution in [0.2, 0.25) is 0 Å². The number of benzene rings is 5. The zero-order valence-corrected chi connectivity index (χ0v) is 24.9. The van der Waals surface area contributed by atoms with Gasteiger partial charge in [-0.05, 0) is 36.4 Å². The van der Waals surface area contributed by atoms with Crippen molar-refractivity contribution in [2.75, 3.05) is 4.90 Å². The van der Waals surface area contributed by atoms with Gasteiger partial charge in [0, 0.05) is 65.3 Å². The van der Waals surface area contributed by atoms with Crippen LogP contribution in [0.25, 0.3) is 43.9 Å². The summed E-state index contributed by atoms with van der Waals surface area (Å²) in [6.45, 7) is 0. The van der Waals surface area contributed by atoms with Crippen LogP contribution in [0.3, 0.4) is 0 Å². The Morgan fingerprint density at radius 2 is 0.894 bits per heavy atom. The summed E-state index contributed by atoms with van der Waals surface area (Å²) in [6, 6.07) is 45.4. The molecule has 9 rings (SSSR count). The summed E-state index contributed by atoms with van der Waals surface area (Å²) in [5.41, 5.74) is 5.46. The fourth-order valence-corrected chi connectivity index (χ4v) is 6.09. The molecule has 0 saturated heterocycles. The summed E-state index contributed by atoms with van der Waals surface area (Å²) in [5, 5.41) is 3.66. The Kier molecular flexibility index (Phi) is 6.31. The van der Waals surface area contributed by atoms with Crippen molar-refractivity contribution in [1.29, 1.82) is 0 Å². The first kappa shape index (κ1) is 26.8. The van der Waals surface area contributed by atoms with Gasteiger partial charge in [-0.1, -0.05) is 66.7 Å². The van der Waals surface area contributed by atoms with Gasteiger partial charge in [-0.2, -0.15) is 0 Å². The van der Waals surface area contributed by atoms with Gasteiger partial charge < -0.3 is 23.2 Å². The number of furan rings is 2. The Morgan fingerprint density at radius 3 is 1.38 bits per heavy atom. The Balaban J connectivity index is 1.30. The van der Waals surface area contributed by atoms with E-state index < -0.39 is 0 Å². The average Bonchev–Trinajstić information content (AvgIpc) is 3.68. The SMILES string of the molecule is c1ccc(N(c2cc(Oc3ccccn3)c3c(c2)oc2ccccc23)c2cc(Oc3ccccn3)c3c(c2)oc2ccccc23)cc1. The molecule has 0 N–H and O–H groups in total. The number of ether oxygens (including phenoxy) is 2. The fourth-order valence-electron chi connectivity index (χ4n) is 6.09. The molecule has 4 heterocycles. The minimum Gasteiger partial charge on any atom is -0.456 e. The van der Waals surface area contributed by atoms with Crippen LogP contribution in [0.5, 0.6) is 23.3 Å². The zero-order valence-electron chi connectivity index (χ0n) is 24.9. The first-order valence-electron chi connectivity index (χ1n) is 15.2. The third-order valence-corrected chi connectivity index (χ3v) is 8.09. The van der Waals surface area contributed by atoms with Gasteiger partial charge in [-0.3, -0.25) is 0 Å². The van der Waals surface area contributed by atoms with Gasteiger partial charge in [0.2, 0.25) is 11.8 Å². The van der Waals surface area contributed by atoms with Gasteiger partial charge >= 0.3 is 0 Å². The molecule has 9 aromatic rings. The molecule has 0 bridgehead atoms. The van der Waals surface area contributed by atoms with E-state index in [9.17, 15) is 0 Å². The van der Waals surface area contributed by atoms with Gasteiger partial charge in [-0.25, -0.2) is 9.97 Å². The molecule has 0 radical (unpaired) electrons. The summed E-state index contributed by atoms with van der Waals surface area (Å²) in [7, 11) is 0. The number of hydrogen-bond acceptors (Lipinski definition) is 7. The van der Waals surface area contributed by atoms with E-state index in [1.165, 1.54) is 0 Å². The predicted molar refractivity (Wildman–Crippen MR) is 184 cm³/mol. The number of fused-ring (bicyclic) bond motifs is 6. The van der Waals surface area contributed by atoms with Crippen molar-refractivity contribution in [3.05, 3.63) is 152 Å². The van der Waals surface area contributed by atoms with Crippen molar-refractivity contribution in [2.24, 2.45) is 0 Å². The maximum atomic E-state index is 6.48. The van der Waals surface area contributed by atoms with Crippen LogP contribution in [0.4, 0.5) is 17.1 Å². The second kappa shape index (κ2) is 11.1. The highest BCUT2D eigenvalue weighted by Crippen LogP contribution is 2.47. The van der Waals surface area contributed by atoms with E-state index in [2.05, 4.69) is 27.0 Å². The van der Waals surface area contributed by atoms with E-state index in [-0.39, 0.29) is 0 Å². The van der Waals surface area contributed by atoms with Crippen LogP contribution in [0.1, 0.15) is 0 Å². The lowest BCUT2D eigenvalue weighted by Crippen LogP contribution is -2.10. The largest absolute Gasteiger partial charge is 0.456 e. The van der Waals surface area contributed by atoms with E-state index in [0.29, 0.717) is 34.4 Å². The summed E-state index contributed by atoms with van der Waals surface area (Å²) in [5.74, 6) is 2.21. The van der Waals surface area contributed by atoms with Crippen LogP contribution < -0.4 is 14.4 Å². The zero-order chi connectivity index (χ0) is 31.2. The van der Waals surface area contributed by atoms with Crippen LogP contribution in [0, 0.1) is 0 Å². The number of hydrogen-bond donors (Lipinski definition) is 0. The molecule has 0 amide bonds. The van der Waals surface area contributed by atoms with Crippen LogP contribution in [0.15, 0.2) is 161 Å². The molecule has 0 aliphatic heterocycles. The smallest absolute Gasteiger partial charge is 0.219 e. The summed E-state index contributed by atoms with van der Waals surface area (Å²) < 4.78 is 25.8. The van der Waals surface area contributed by atoms with Gasteiger partial charge in [0.25, 0.3) is 0 Å². The summed E-state index contributed by atoms with van der Waals surface area (Å²) >= 11 is 0. The Hall–Kier alpha value is -6.60. The quantitative estimate of drug-likeness (QED) is 0.177. The van der Waals surface area contributed by atoms with Crippen molar-refractivity contribution in [2.45, 2.75) is 0 Å². The van der Waals surface area contributed by atoms with Crippen LogP contribution >= 0.6 is 0 Å². The van der Waals surface area contributed by atoms with Gasteiger partial charge in [-0.15, -0.1) is 0 Å². The van der Waals surface area contributed by atoms with E-state index in [0.717, 1.165) is 49.8 Å². The number of rotatable bonds is 7. The van der Waals surface area contributed by atoms with Crippen LogP contribution in [-0.4, -0.2) is 9.97 Å². The van der Waals surface area contributed by atoms with Crippen molar-refractivity contribution in [3.8, 4) is 23.3 Å². The third kappa shape index (κ3) is 4.78. The minimum absolute atomic E-state index is 0.484. The highest BCUT2D eigenvalue weighted by Gasteiger charge is 2.23. The van der Waals surface area contributed by atoms with E-state index >= 15 is 0 Å². The molecule has 0 atom stereocenters. The Bertz CT molecular complexity index is 2370. The van der Waals surface area contributed by atoms with Gasteiger partial charge in [0.05, 0.1) is 22.1 Å². The molecule has 224 valence electrons. The topological polar surface area (TPSA) is 73.8 Å². The second-order valence-electron chi connectivity index (χ2n) is 11.0. The van der Waals surface area contributed by atoms with E-state index in [4.69, 9.17) is 18.3 Å². The fraction of sp³-hybridized carbons (Fsp3) is 0. The standard InChI is InChI=1S/C40H25N3O4/c1-2-12-26(13-3-1)43(27-22-33-39(29-14-4-6-16-31(29)44-33)35(24-27)46-37-18-8-10-20-41-37)28-23-34-40(30-15-5-7-17-32(30)45-34)36(25-28)47-38-19-9-11-21-42-38/h1-25H. The molecule has 0 unspecified atom stereocenters. The van der Waals surface area contributed by atoms with Crippen molar-refractivity contribution in [3.63, 3.8) is 0 Å². The van der Waals surface area contributed by atoms with Crippen molar-refractivity contribution >= 4 is 60.9 Å². The number of pyridine rings is 2. The highest BCUT2D eigenvalue weighted by atomic mass is 16.5. The summed E-state index contributed by atoms with van der Waals surface area (Å²) in [6.07, 6.45) is 3.43. The normalized spacial score (nSPS) is 11.4. The van der Waals surface area contributed by atoms with Crippen LogP contribution in [-0.2, 0) is 0 Å². The number of aromatic nitrogens is 2. The number of anilines is 3. The third-order valence-electron chi connectivity index (χ3n) is 8.09. The van der Waals surface area contributed by atoms with E-state index in [1.54, 1.807) is 12.4 Å². The molecule has 0 aliphatic carbocycles. The minimum atomic E-state index is 0.484. The molecule has 47 heavy (non-hydrogen) atoms. The first-order chi connectivity index (χ1) is 23.3.